The molecule has 116 valence electrons. The molecule has 5 nitrogen and oxygen atoms in total. The lowest BCUT2D eigenvalue weighted by Gasteiger charge is -2.34. The third kappa shape index (κ3) is 3.74. The van der Waals surface area contributed by atoms with Crippen LogP contribution in [0, 0.1) is 0 Å². The Bertz CT molecular complexity index is 579. The van der Waals surface area contributed by atoms with E-state index in [0.717, 1.165) is 50.9 Å². The van der Waals surface area contributed by atoms with Crippen molar-refractivity contribution in [3.05, 3.63) is 48.2 Å². The molecule has 1 fully saturated rings. The number of aromatic nitrogens is 2. The van der Waals surface area contributed by atoms with Crippen molar-refractivity contribution in [1.29, 1.82) is 0 Å². The molecule has 1 aliphatic rings. The van der Waals surface area contributed by atoms with Gasteiger partial charge in [0.25, 0.3) is 0 Å². The molecule has 1 saturated heterocycles. The maximum atomic E-state index is 4.52. The molecule has 0 atom stereocenters. The van der Waals surface area contributed by atoms with Crippen molar-refractivity contribution in [2.75, 3.05) is 50.0 Å². The topological polar surface area (TPSA) is 44.3 Å². The maximum absolute atomic E-state index is 4.52. The van der Waals surface area contributed by atoms with Crippen molar-refractivity contribution < 1.29 is 0 Å². The van der Waals surface area contributed by atoms with Gasteiger partial charge in [0.15, 0.2) is 0 Å². The first-order chi connectivity index (χ1) is 10.8. The molecule has 0 radical (unpaired) electrons. The molecule has 0 saturated carbocycles. The molecule has 0 bridgehead atoms. The van der Waals surface area contributed by atoms with Gasteiger partial charge in [-0.05, 0) is 18.1 Å². The zero-order valence-corrected chi connectivity index (χ0v) is 13.1. The minimum absolute atomic E-state index is 0.828. The van der Waals surface area contributed by atoms with Crippen LogP contribution in [0.25, 0.3) is 0 Å². The summed E-state index contributed by atoms with van der Waals surface area (Å²) >= 11 is 0. The summed E-state index contributed by atoms with van der Waals surface area (Å²) in [6.07, 6.45) is 2.93. The van der Waals surface area contributed by atoms with Crippen LogP contribution in [0.1, 0.15) is 5.56 Å². The van der Waals surface area contributed by atoms with Crippen LogP contribution in [0.4, 0.5) is 11.8 Å². The van der Waals surface area contributed by atoms with Gasteiger partial charge < -0.3 is 10.2 Å². The number of benzene rings is 1. The van der Waals surface area contributed by atoms with Crippen LogP contribution in [0.5, 0.6) is 0 Å². The summed E-state index contributed by atoms with van der Waals surface area (Å²) in [7, 11) is 1.88. The van der Waals surface area contributed by atoms with Crippen molar-refractivity contribution in [2.45, 2.75) is 6.42 Å². The summed E-state index contributed by atoms with van der Waals surface area (Å²) < 4.78 is 0. The number of piperazine rings is 1. The Morgan fingerprint density at radius 3 is 2.55 bits per heavy atom. The van der Waals surface area contributed by atoms with E-state index in [9.17, 15) is 0 Å². The summed E-state index contributed by atoms with van der Waals surface area (Å²) in [4.78, 5) is 13.7. The highest BCUT2D eigenvalue weighted by Gasteiger charge is 2.18. The number of nitrogens with zero attached hydrogens (tertiary/aromatic N) is 4. The largest absolute Gasteiger partial charge is 0.373 e. The Morgan fingerprint density at radius 2 is 1.82 bits per heavy atom. The van der Waals surface area contributed by atoms with Gasteiger partial charge >= 0.3 is 0 Å². The minimum Gasteiger partial charge on any atom is -0.373 e. The van der Waals surface area contributed by atoms with Gasteiger partial charge in [0.2, 0.25) is 5.95 Å². The van der Waals surface area contributed by atoms with Crippen LogP contribution < -0.4 is 10.2 Å². The summed E-state index contributed by atoms with van der Waals surface area (Å²) in [6, 6.07) is 12.6. The van der Waals surface area contributed by atoms with Gasteiger partial charge in [0.1, 0.15) is 5.82 Å². The van der Waals surface area contributed by atoms with Crippen LogP contribution in [-0.4, -0.2) is 54.6 Å². The molecular weight excluding hydrogens is 274 g/mol. The van der Waals surface area contributed by atoms with Gasteiger partial charge in [-0.1, -0.05) is 30.3 Å². The Hall–Kier alpha value is -2.14. The number of hydrogen-bond acceptors (Lipinski definition) is 5. The third-order valence-electron chi connectivity index (χ3n) is 4.11. The smallest absolute Gasteiger partial charge is 0.227 e. The summed E-state index contributed by atoms with van der Waals surface area (Å²) in [5.74, 6) is 1.70. The molecule has 2 heterocycles. The maximum Gasteiger partial charge on any atom is 0.227 e. The lowest BCUT2D eigenvalue weighted by Crippen LogP contribution is -2.47. The van der Waals surface area contributed by atoms with E-state index in [0.29, 0.717) is 0 Å². The Balaban J connectivity index is 1.49. The van der Waals surface area contributed by atoms with Crippen molar-refractivity contribution >= 4 is 11.8 Å². The third-order valence-corrected chi connectivity index (χ3v) is 4.11. The molecule has 22 heavy (non-hydrogen) atoms. The second kappa shape index (κ2) is 7.22. The highest BCUT2D eigenvalue weighted by atomic mass is 15.3. The summed E-state index contributed by atoms with van der Waals surface area (Å²) in [5, 5.41) is 3.07. The first-order valence-corrected chi connectivity index (χ1v) is 7.87. The van der Waals surface area contributed by atoms with Gasteiger partial charge in [-0.2, -0.15) is 4.98 Å². The van der Waals surface area contributed by atoms with E-state index >= 15 is 0 Å². The number of hydrogen-bond donors (Lipinski definition) is 1. The van der Waals surface area contributed by atoms with Crippen LogP contribution in [-0.2, 0) is 6.42 Å². The zero-order valence-electron chi connectivity index (χ0n) is 13.1. The van der Waals surface area contributed by atoms with Crippen LogP contribution in [0.2, 0.25) is 0 Å². The van der Waals surface area contributed by atoms with Crippen LogP contribution in [0.3, 0.4) is 0 Å². The second-order valence-corrected chi connectivity index (χ2v) is 5.56. The van der Waals surface area contributed by atoms with Gasteiger partial charge in [0, 0.05) is 46.0 Å². The normalized spacial score (nSPS) is 15.8. The quantitative estimate of drug-likeness (QED) is 0.913. The average Bonchev–Trinajstić information content (AvgIpc) is 2.61. The Kier molecular flexibility index (Phi) is 4.85. The van der Waals surface area contributed by atoms with E-state index in [2.05, 4.69) is 55.4 Å². The second-order valence-electron chi connectivity index (χ2n) is 5.56. The molecule has 3 rings (SSSR count). The monoisotopic (exact) mass is 297 g/mol. The van der Waals surface area contributed by atoms with Crippen molar-refractivity contribution in [3.8, 4) is 0 Å². The van der Waals surface area contributed by atoms with E-state index in [1.165, 1.54) is 5.56 Å². The number of rotatable bonds is 5. The van der Waals surface area contributed by atoms with E-state index in [4.69, 9.17) is 0 Å². The fraction of sp³-hybridized carbons (Fsp3) is 0.412. The van der Waals surface area contributed by atoms with Gasteiger partial charge in [-0.15, -0.1) is 0 Å². The predicted octanol–water partition coefficient (Wildman–Crippen LogP) is 1.88. The molecule has 1 aromatic heterocycles. The predicted molar refractivity (Wildman–Crippen MR) is 90.4 cm³/mol. The number of anilines is 2. The molecule has 1 aromatic carbocycles. The Morgan fingerprint density at radius 1 is 1.05 bits per heavy atom. The molecule has 0 aliphatic carbocycles. The zero-order chi connectivity index (χ0) is 15.2. The fourth-order valence-corrected chi connectivity index (χ4v) is 2.74. The molecule has 1 N–H and O–H groups in total. The molecule has 2 aromatic rings. The van der Waals surface area contributed by atoms with Gasteiger partial charge in [-0.3, -0.25) is 4.90 Å². The minimum atomic E-state index is 0.828. The molecule has 5 heteroatoms. The fourth-order valence-electron chi connectivity index (χ4n) is 2.74. The first-order valence-electron chi connectivity index (χ1n) is 7.87. The standard InChI is InChI=1S/C17H23N5/c1-18-16-7-9-19-17(20-16)22-13-11-21(12-14-22)10-8-15-5-3-2-4-6-15/h2-7,9H,8,10-14H2,1H3,(H,18,19,20). The summed E-state index contributed by atoms with van der Waals surface area (Å²) in [6.45, 7) is 5.24. The van der Waals surface area contributed by atoms with Crippen molar-refractivity contribution in [1.82, 2.24) is 14.9 Å². The molecular formula is C17H23N5. The van der Waals surface area contributed by atoms with Crippen molar-refractivity contribution in [2.24, 2.45) is 0 Å². The highest BCUT2D eigenvalue weighted by molar-refractivity contribution is 5.41. The molecule has 0 spiro atoms. The van der Waals surface area contributed by atoms with E-state index in [1.54, 1.807) is 0 Å². The lowest BCUT2D eigenvalue weighted by molar-refractivity contribution is 0.260. The molecule has 0 unspecified atom stereocenters. The molecule has 1 aliphatic heterocycles. The lowest BCUT2D eigenvalue weighted by atomic mass is 10.1. The summed E-state index contributed by atoms with van der Waals surface area (Å²) in [5.41, 5.74) is 1.41. The van der Waals surface area contributed by atoms with Crippen molar-refractivity contribution in [3.63, 3.8) is 0 Å². The van der Waals surface area contributed by atoms with Gasteiger partial charge in [-0.25, -0.2) is 4.98 Å². The first kappa shape index (κ1) is 14.8. The van der Waals surface area contributed by atoms with Crippen LogP contribution >= 0.6 is 0 Å². The van der Waals surface area contributed by atoms with E-state index < -0.39 is 0 Å². The SMILES string of the molecule is CNc1ccnc(N2CCN(CCc3ccccc3)CC2)n1. The molecule has 0 amide bonds. The highest BCUT2D eigenvalue weighted by Crippen LogP contribution is 2.13. The van der Waals surface area contributed by atoms with E-state index in [1.807, 2.05) is 19.3 Å². The number of nitrogens with one attached hydrogen (secondary N) is 1. The van der Waals surface area contributed by atoms with Crippen LogP contribution in [0.15, 0.2) is 42.6 Å². The van der Waals surface area contributed by atoms with Gasteiger partial charge in [0.05, 0.1) is 0 Å². The van der Waals surface area contributed by atoms with E-state index in [-0.39, 0.29) is 0 Å². The average molecular weight is 297 g/mol. The Labute approximate surface area is 132 Å².